The molecule has 0 N–H and O–H groups in total. The SMILES string of the molecule is Cc1ccccc1SC1CCN(c2cc(C3CCOC3)ncn2)CC1. The topological polar surface area (TPSA) is 38.2 Å². The molecule has 2 aliphatic heterocycles. The van der Waals surface area contributed by atoms with E-state index in [2.05, 4.69) is 52.1 Å². The lowest BCUT2D eigenvalue weighted by molar-refractivity contribution is 0.193. The van der Waals surface area contributed by atoms with Gasteiger partial charge in [0.15, 0.2) is 0 Å². The van der Waals surface area contributed by atoms with Gasteiger partial charge in [-0.15, -0.1) is 11.8 Å². The molecule has 3 heterocycles. The van der Waals surface area contributed by atoms with Gasteiger partial charge in [0, 0.05) is 41.8 Å². The smallest absolute Gasteiger partial charge is 0.132 e. The Kier molecular flexibility index (Phi) is 5.22. The fraction of sp³-hybridized carbons (Fsp3) is 0.500. The van der Waals surface area contributed by atoms with Crippen molar-refractivity contribution in [3.8, 4) is 0 Å². The van der Waals surface area contributed by atoms with Gasteiger partial charge in [-0.25, -0.2) is 9.97 Å². The van der Waals surface area contributed by atoms with Crippen LogP contribution >= 0.6 is 11.8 Å². The maximum atomic E-state index is 5.50. The predicted octanol–water partition coefficient (Wildman–Crippen LogP) is 4.05. The molecule has 2 fully saturated rings. The van der Waals surface area contributed by atoms with Gasteiger partial charge < -0.3 is 9.64 Å². The van der Waals surface area contributed by atoms with Gasteiger partial charge in [-0.3, -0.25) is 0 Å². The second-order valence-corrected chi connectivity index (χ2v) is 8.27. The number of hydrogen-bond acceptors (Lipinski definition) is 5. The highest BCUT2D eigenvalue weighted by atomic mass is 32.2. The molecular weight excluding hydrogens is 330 g/mol. The standard InChI is InChI=1S/C20H25N3OS/c1-15-4-2-3-5-19(15)25-17-6-9-23(10-7-17)20-12-18(21-14-22-20)16-8-11-24-13-16/h2-5,12,14,16-17H,6-11,13H2,1H3. The number of piperidine rings is 1. The van der Waals surface area contributed by atoms with Gasteiger partial charge in [-0.2, -0.15) is 0 Å². The van der Waals surface area contributed by atoms with Crippen molar-refractivity contribution in [1.82, 2.24) is 9.97 Å². The first kappa shape index (κ1) is 16.9. The number of nitrogens with zero attached hydrogens (tertiary/aromatic N) is 3. The maximum absolute atomic E-state index is 5.50. The Morgan fingerprint density at radius 2 is 1.96 bits per heavy atom. The summed E-state index contributed by atoms with van der Waals surface area (Å²) < 4.78 is 5.50. The van der Waals surface area contributed by atoms with Crippen molar-refractivity contribution in [1.29, 1.82) is 0 Å². The fourth-order valence-corrected chi connectivity index (χ4v) is 4.81. The minimum atomic E-state index is 0.441. The average Bonchev–Trinajstić information content (AvgIpc) is 3.19. The highest BCUT2D eigenvalue weighted by Crippen LogP contribution is 2.33. The first-order valence-corrected chi connectivity index (χ1v) is 10.0. The molecule has 0 bridgehead atoms. The summed E-state index contributed by atoms with van der Waals surface area (Å²) in [6.07, 6.45) is 5.19. The zero-order valence-electron chi connectivity index (χ0n) is 14.7. The van der Waals surface area contributed by atoms with Crippen LogP contribution in [0.1, 0.15) is 36.4 Å². The Morgan fingerprint density at radius 1 is 1.12 bits per heavy atom. The number of benzene rings is 1. The van der Waals surface area contributed by atoms with Crippen molar-refractivity contribution in [3.05, 3.63) is 47.9 Å². The van der Waals surface area contributed by atoms with Gasteiger partial charge in [0.05, 0.1) is 12.3 Å². The van der Waals surface area contributed by atoms with Crippen molar-refractivity contribution in [2.45, 2.75) is 42.2 Å². The lowest BCUT2D eigenvalue weighted by Gasteiger charge is -2.32. The van der Waals surface area contributed by atoms with E-state index in [9.17, 15) is 0 Å². The van der Waals surface area contributed by atoms with Crippen LogP contribution in [0.3, 0.4) is 0 Å². The molecule has 4 nitrogen and oxygen atoms in total. The molecule has 1 unspecified atom stereocenters. The molecule has 2 aliphatic rings. The van der Waals surface area contributed by atoms with Crippen molar-refractivity contribution >= 4 is 17.6 Å². The third kappa shape index (κ3) is 3.98. The van der Waals surface area contributed by atoms with Crippen LogP contribution in [-0.4, -0.2) is 41.5 Å². The van der Waals surface area contributed by atoms with Crippen LogP contribution in [0.25, 0.3) is 0 Å². The Labute approximate surface area is 154 Å². The van der Waals surface area contributed by atoms with Gasteiger partial charge in [0.2, 0.25) is 0 Å². The van der Waals surface area contributed by atoms with E-state index in [1.807, 2.05) is 11.8 Å². The molecule has 0 amide bonds. The molecule has 25 heavy (non-hydrogen) atoms. The maximum Gasteiger partial charge on any atom is 0.132 e. The molecule has 0 saturated carbocycles. The third-order valence-electron chi connectivity index (χ3n) is 5.17. The molecule has 2 saturated heterocycles. The Morgan fingerprint density at radius 3 is 2.72 bits per heavy atom. The van der Waals surface area contributed by atoms with E-state index < -0.39 is 0 Å². The molecule has 5 heteroatoms. The van der Waals surface area contributed by atoms with Crippen LogP contribution < -0.4 is 4.90 Å². The Bertz CT molecular complexity index is 710. The number of rotatable bonds is 4. The van der Waals surface area contributed by atoms with Gasteiger partial charge >= 0.3 is 0 Å². The molecule has 0 spiro atoms. The monoisotopic (exact) mass is 355 g/mol. The van der Waals surface area contributed by atoms with E-state index in [1.165, 1.54) is 23.3 Å². The molecule has 1 aromatic carbocycles. The Hall–Kier alpha value is -1.59. The second kappa shape index (κ2) is 7.75. The van der Waals surface area contributed by atoms with Crippen LogP contribution in [0.4, 0.5) is 5.82 Å². The lowest BCUT2D eigenvalue weighted by atomic mass is 10.0. The van der Waals surface area contributed by atoms with E-state index in [1.54, 1.807) is 6.33 Å². The van der Waals surface area contributed by atoms with Crippen LogP contribution in [0, 0.1) is 6.92 Å². The van der Waals surface area contributed by atoms with Gasteiger partial charge in [-0.1, -0.05) is 18.2 Å². The minimum Gasteiger partial charge on any atom is -0.381 e. The summed E-state index contributed by atoms with van der Waals surface area (Å²) in [5.74, 6) is 1.52. The zero-order valence-corrected chi connectivity index (χ0v) is 15.5. The van der Waals surface area contributed by atoms with Crippen LogP contribution in [0.5, 0.6) is 0 Å². The van der Waals surface area contributed by atoms with E-state index in [0.29, 0.717) is 11.2 Å². The highest BCUT2D eigenvalue weighted by Gasteiger charge is 2.24. The summed E-state index contributed by atoms with van der Waals surface area (Å²) >= 11 is 2.04. The first-order valence-electron chi connectivity index (χ1n) is 9.16. The minimum absolute atomic E-state index is 0.441. The number of anilines is 1. The first-order chi connectivity index (χ1) is 12.3. The van der Waals surface area contributed by atoms with Crippen molar-refractivity contribution in [2.75, 3.05) is 31.2 Å². The summed E-state index contributed by atoms with van der Waals surface area (Å²) in [6.45, 7) is 5.99. The molecule has 0 aliphatic carbocycles. The quantitative estimate of drug-likeness (QED) is 0.827. The van der Waals surface area contributed by atoms with Crippen LogP contribution in [0.2, 0.25) is 0 Å². The summed E-state index contributed by atoms with van der Waals surface area (Å²) in [5, 5.41) is 0.696. The molecule has 1 aromatic heterocycles. The largest absolute Gasteiger partial charge is 0.381 e. The average molecular weight is 356 g/mol. The number of thioether (sulfide) groups is 1. The lowest BCUT2D eigenvalue weighted by Crippen LogP contribution is -2.35. The van der Waals surface area contributed by atoms with Crippen molar-refractivity contribution < 1.29 is 4.74 Å². The molecule has 4 rings (SSSR count). The summed E-state index contributed by atoms with van der Waals surface area (Å²) in [5.41, 5.74) is 2.52. The van der Waals surface area contributed by atoms with Crippen molar-refractivity contribution in [2.24, 2.45) is 0 Å². The molecule has 1 atom stereocenters. The zero-order chi connectivity index (χ0) is 17.1. The molecule has 0 radical (unpaired) electrons. The highest BCUT2D eigenvalue weighted by molar-refractivity contribution is 8.00. The number of hydrogen-bond donors (Lipinski definition) is 0. The molecule has 132 valence electrons. The summed E-state index contributed by atoms with van der Waals surface area (Å²) in [4.78, 5) is 12.8. The van der Waals surface area contributed by atoms with Crippen molar-refractivity contribution in [3.63, 3.8) is 0 Å². The second-order valence-electron chi connectivity index (χ2n) is 6.93. The van der Waals surface area contributed by atoms with Gasteiger partial charge in [-0.05, 0) is 37.8 Å². The van der Waals surface area contributed by atoms with E-state index in [0.717, 1.165) is 44.2 Å². The normalized spacial score (nSPS) is 21.6. The number of aromatic nitrogens is 2. The van der Waals surface area contributed by atoms with E-state index >= 15 is 0 Å². The van der Waals surface area contributed by atoms with E-state index in [4.69, 9.17) is 4.74 Å². The van der Waals surface area contributed by atoms with Gasteiger partial charge in [0.25, 0.3) is 0 Å². The number of ether oxygens (including phenoxy) is 1. The summed E-state index contributed by atoms with van der Waals surface area (Å²) in [7, 11) is 0. The van der Waals surface area contributed by atoms with Crippen LogP contribution in [0.15, 0.2) is 41.6 Å². The summed E-state index contributed by atoms with van der Waals surface area (Å²) in [6, 6.07) is 10.9. The third-order valence-corrected chi connectivity index (χ3v) is 6.69. The van der Waals surface area contributed by atoms with Crippen LogP contribution in [-0.2, 0) is 4.74 Å². The molecule has 2 aromatic rings. The predicted molar refractivity (Wildman–Crippen MR) is 102 cm³/mol. The molecular formula is C20H25N3OS. The van der Waals surface area contributed by atoms with E-state index in [-0.39, 0.29) is 0 Å². The fourth-order valence-electron chi connectivity index (χ4n) is 3.60. The number of aryl methyl sites for hydroxylation is 1. The Balaban J connectivity index is 1.37. The van der Waals surface area contributed by atoms with Gasteiger partial charge in [0.1, 0.15) is 12.1 Å².